The van der Waals surface area contributed by atoms with Crippen LogP contribution in [0.4, 0.5) is 4.39 Å². The molecule has 1 saturated heterocycles. The number of hydrogen-bond donors (Lipinski definition) is 1. The highest BCUT2D eigenvalue weighted by Gasteiger charge is 2.21. The Bertz CT molecular complexity index is 593. The maximum Gasteiger partial charge on any atom is 0.132 e. The zero-order chi connectivity index (χ0) is 13.9. The first kappa shape index (κ1) is 13.5. The molecule has 3 rings (SSSR count). The predicted molar refractivity (Wildman–Crippen MR) is 79.1 cm³/mol. The summed E-state index contributed by atoms with van der Waals surface area (Å²) in [5.41, 5.74) is 1.90. The smallest absolute Gasteiger partial charge is 0.132 e. The molecule has 3 nitrogen and oxygen atoms in total. The molecule has 1 aliphatic rings. The van der Waals surface area contributed by atoms with Crippen molar-refractivity contribution in [2.45, 2.75) is 25.9 Å². The maximum atomic E-state index is 13.8. The lowest BCUT2D eigenvalue weighted by molar-refractivity contribution is 0.211. The molecule has 0 aliphatic carbocycles. The van der Waals surface area contributed by atoms with Gasteiger partial charge < -0.3 is 5.32 Å². The van der Waals surface area contributed by atoms with Crippen molar-refractivity contribution in [1.29, 1.82) is 0 Å². The molecule has 0 saturated carbocycles. The van der Waals surface area contributed by atoms with Crippen LogP contribution >= 0.6 is 0 Å². The summed E-state index contributed by atoms with van der Waals surface area (Å²) in [4.78, 5) is 6.82. The van der Waals surface area contributed by atoms with Gasteiger partial charge in [0.1, 0.15) is 5.82 Å². The minimum atomic E-state index is -0.192. The van der Waals surface area contributed by atoms with Crippen LogP contribution in [-0.4, -0.2) is 35.6 Å². The summed E-state index contributed by atoms with van der Waals surface area (Å²) in [6.07, 6.45) is 2.92. The molecule has 1 aromatic carbocycles. The van der Waals surface area contributed by atoms with E-state index in [4.69, 9.17) is 0 Å². The number of nitrogens with one attached hydrogen (secondary N) is 1. The largest absolute Gasteiger partial charge is 0.315 e. The van der Waals surface area contributed by atoms with Gasteiger partial charge in [-0.1, -0.05) is 13.0 Å². The Morgan fingerprint density at radius 1 is 1.40 bits per heavy atom. The van der Waals surface area contributed by atoms with Gasteiger partial charge in [-0.05, 0) is 43.3 Å². The van der Waals surface area contributed by atoms with Crippen molar-refractivity contribution in [2.24, 2.45) is 0 Å². The SMILES string of the molecule is CCN(Cc1ccc(F)c2cccnc12)C1CCNC1. The maximum absolute atomic E-state index is 13.8. The molecule has 2 aromatic rings. The van der Waals surface area contributed by atoms with Crippen molar-refractivity contribution >= 4 is 10.9 Å². The summed E-state index contributed by atoms with van der Waals surface area (Å²) >= 11 is 0. The zero-order valence-electron chi connectivity index (χ0n) is 11.8. The highest BCUT2D eigenvalue weighted by molar-refractivity contribution is 5.82. The van der Waals surface area contributed by atoms with Gasteiger partial charge in [0.25, 0.3) is 0 Å². The third-order valence-electron chi connectivity index (χ3n) is 4.13. The molecule has 1 unspecified atom stereocenters. The van der Waals surface area contributed by atoms with Crippen LogP contribution in [0.5, 0.6) is 0 Å². The van der Waals surface area contributed by atoms with E-state index in [-0.39, 0.29) is 5.82 Å². The molecular formula is C16H20FN3. The molecule has 1 fully saturated rings. The van der Waals surface area contributed by atoms with Gasteiger partial charge in [-0.2, -0.15) is 0 Å². The second-order valence-electron chi connectivity index (χ2n) is 5.32. The Kier molecular flexibility index (Phi) is 3.94. The fourth-order valence-electron chi connectivity index (χ4n) is 2.99. The van der Waals surface area contributed by atoms with Crippen molar-refractivity contribution in [2.75, 3.05) is 19.6 Å². The van der Waals surface area contributed by atoms with E-state index in [0.29, 0.717) is 11.4 Å². The molecule has 4 heteroatoms. The van der Waals surface area contributed by atoms with Gasteiger partial charge in [0.05, 0.1) is 5.52 Å². The quantitative estimate of drug-likeness (QED) is 0.928. The second-order valence-corrected chi connectivity index (χ2v) is 5.32. The molecule has 20 heavy (non-hydrogen) atoms. The molecule has 1 atom stereocenters. The Balaban J connectivity index is 1.91. The van der Waals surface area contributed by atoms with Gasteiger partial charge in [0, 0.05) is 30.7 Å². The average Bonchev–Trinajstić information content (AvgIpc) is 3.01. The normalized spacial score (nSPS) is 19.1. The first-order chi connectivity index (χ1) is 9.79. The Morgan fingerprint density at radius 3 is 3.05 bits per heavy atom. The summed E-state index contributed by atoms with van der Waals surface area (Å²) in [6.45, 7) is 6.14. The lowest BCUT2D eigenvalue weighted by atomic mass is 10.1. The average molecular weight is 273 g/mol. The van der Waals surface area contributed by atoms with Crippen molar-refractivity contribution in [3.63, 3.8) is 0 Å². The Morgan fingerprint density at radius 2 is 2.30 bits per heavy atom. The van der Waals surface area contributed by atoms with Gasteiger partial charge in [-0.15, -0.1) is 0 Å². The third kappa shape index (κ3) is 2.53. The molecule has 0 spiro atoms. The zero-order valence-corrected chi connectivity index (χ0v) is 11.8. The van der Waals surface area contributed by atoms with Gasteiger partial charge in [-0.25, -0.2) is 4.39 Å². The number of likely N-dealkylation sites (N-methyl/N-ethyl adjacent to an activating group) is 1. The number of fused-ring (bicyclic) bond motifs is 1. The van der Waals surface area contributed by atoms with Gasteiger partial charge >= 0.3 is 0 Å². The number of benzene rings is 1. The van der Waals surface area contributed by atoms with E-state index >= 15 is 0 Å². The van der Waals surface area contributed by atoms with E-state index in [9.17, 15) is 4.39 Å². The summed E-state index contributed by atoms with van der Waals surface area (Å²) < 4.78 is 13.8. The van der Waals surface area contributed by atoms with Crippen molar-refractivity contribution in [1.82, 2.24) is 15.2 Å². The Labute approximate surface area is 118 Å². The topological polar surface area (TPSA) is 28.2 Å². The van der Waals surface area contributed by atoms with E-state index in [1.54, 1.807) is 24.4 Å². The van der Waals surface area contributed by atoms with E-state index in [0.717, 1.165) is 37.3 Å². The number of halogens is 1. The minimum Gasteiger partial charge on any atom is -0.315 e. The highest BCUT2D eigenvalue weighted by Crippen LogP contribution is 2.22. The van der Waals surface area contributed by atoms with Crippen LogP contribution < -0.4 is 5.32 Å². The van der Waals surface area contributed by atoms with E-state index in [1.807, 2.05) is 6.07 Å². The number of hydrogen-bond acceptors (Lipinski definition) is 3. The fraction of sp³-hybridized carbons (Fsp3) is 0.438. The summed E-state index contributed by atoms with van der Waals surface area (Å²) in [7, 11) is 0. The van der Waals surface area contributed by atoms with E-state index in [1.165, 1.54) is 6.42 Å². The second kappa shape index (κ2) is 5.85. The number of aromatic nitrogens is 1. The van der Waals surface area contributed by atoms with Crippen LogP contribution in [-0.2, 0) is 6.54 Å². The number of rotatable bonds is 4. The van der Waals surface area contributed by atoms with Gasteiger partial charge in [0.15, 0.2) is 0 Å². The van der Waals surface area contributed by atoms with Crippen LogP contribution in [0.3, 0.4) is 0 Å². The summed E-state index contributed by atoms with van der Waals surface area (Å²) in [5.74, 6) is -0.192. The van der Waals surface area contributed by atoms with Crippen molar-refractivity contribution < 1.29 is 4.39 Å². The fourth-order valence-corrected chi connectivity index (χ4v) is 2.99. The minimum absolute atomic E-state index is 0.192. The molecule has 1 N–H and O–H groups in total. The number of pyridine rings is 1. The van der Waals surface area contributed by atoms with Crippen molar-refractivity contribution in [3.05, 3.63) is 41.8 Å². The first-order valence-corrected chi connectivity index (χ1v) is 7.26. The Hall–Kier alpha value is -1.52. The standard InChI is InChI=1S/C16H20FN3/c1-2-20(13-7-9-18-10-13)11-12-5-6-15(17)14-4-3-8-19-16(12)14/h3-6,8,13,18H,2,7,9-11H2,1H3. The molecule has 1 aromatic heterocycles. The third-order valence-corrected chi connectivity index (χ3v) is 4.13. The summed E-state index contributed by atoms with van der Waals surface area (Å²) in [5, 5.41) is 4.02. The van der Waals surface area contributed by atoms with Crippen LogP contribution in [0.2, 0.25) is 0 Å². The van der Waals surface area contributed by atoms with Crippen LogP contribution in [0, 0.1) is 5.82 Å². The molecule has 0 bridgehead atoms. The van der Waals surface area contributed by atoms with Gasteiger partial charge in [-0.3, -0.25) is 9.88 Å². The molecule has 106 valence electrons. The first-order valence-electron chi connectivity index (χ1n) is 7.26. The van der Waals surface area contributed by atoms with E-state index < -0.39 is 0 Å². The monoisotopic (exact) mass is 273 g/mol. The molecule has 1 aliphatic heterocycles. The van der Waals surface area contributed by atoms with Crippen LogP contribution in [0.1, 0.15) is 18.9 Å². The summed E-state index contributed by atoms with van der Waals surface area (Å²) in [6, 6.07) is 7.58. The lowest BCUT2D eigenvalue weighted by Gasteiger charge is -2.27. The van der Waals surface area contributed by atoms with Gasteiger partial charge in [0.2, 0.25) is 0 Å². The molecule has 0 radical (unpaired) electrons. The molecule has 2 heterocycles. The molecular weight excluding hydrogens is 253 g/mol. The predicted octanol–water partition coefficient (Wildman–Crippen LogP) is 2.56. The van der Waals surface area contributed by atoms with Crippen molar-refractivity contribution in [3.8, 4) is 0 Å². The number of nitrogens with zero attached hydrogens (tertiary/aromatic N) is 2. The molecule has 0 amide bonds. The van der Waals surface area contributed by atoms with Crippen LogP contribution in [0.15, 0.2) is 30.5 Å². The highest BCUT2D eigenvalue weighted by atomic mass is 19.1. The van der Waals surface area contributed by atoms with E-state index in [2.05, 4.69) is 22.1 Å². The lowest BCUT2D eigenvalue weighted by Crippen LogP contribution is -2.36. The van der Waals surface area contributed by atoms with Crippen LogP contribution in [0.25, 0.3) is 10.9 Å².